The van der Waals surface area contributed by atoms with E-state index in [-0.39, 0.29) is 18.4 Å². The van der Waals surface area contributed by atoms with E-state index in [0.717, 1.165) is 0 Å². The predicted octanol–water partition coefficient (Wildman–Crippen LogP) is 2.86. The first-order valence-corrected chi connectivity index (χ1v) is 7.12. The number of amides is 1. The lowest BCUT2D eigenvalue weighted by molar-refractivity contribution is -0.143. The summed E-state index contributed by atoms with van der Waals surface area (Å²) in [4.78, 5) is 25.0. The fraction of sp³-hybridized carbons (Fsp3) is 0.429. The van der Waals surface area contributed by atoms with Gasteiger partial charge < -0.3 is 10.0 Å². The number of carbonyl (C=O) groups is 2. The Morgan fingerprint density at radius 3 is 2.45 bits per heavy atom. The van der Waals surface area contributed by atoms with Crippen molar-refractivity contribution in [2.24, 2.45) is 5.92 Å². The molecule has 20 heavy (non-hydrogen) atoms. The summed E-state index contributed by atoms with van der Waals surface area (Å²) in [6, 6.07) is 4.78. The number of rotatable bonds is 3. The number of hydrogen-bond acceptors (Lipinski definition) is 2. The van der Waals surface area contributed by atoms with Crippen LogP contribution in [0.25, 0.3) is 0 Å². The molecule has 6 heteroatoms. The lowest BCUT2D eigenvalue weighted by Crippen LogP contribution is -2.38. The standard InChI is InChI=1S/C14H15Cl2NO3/c1-8-9(14(19)20)5-6-17(8)13(18)7-10-11(15)3-2-4-12(10)16/h2-4,8-9H,5-7H2,1H3,(H,19,20). The third-order valence-electron chi connectivity index (χ3n) is 3.78. The summed E-state index contributed by atoms with van der Waals surface area (Å²) < 4.78 is 0. The maximum Gasteiger partial charge on any atom is 0.308 e. The van der Waals surface area contributed by atoms with Crippen molar-refractivity contribution in [1.29, 1.82) is 0 Å². The first-order valence-electron chi connectivity index (χ1n) is 6.37. The van der Waals surface area contributed by atoms with E-state index in [9.17, 15) is 9.59 Å². The average Bonchev–Trinajstić information content (AvgIpc) is 2.76. The number of likely N-dealkylation sites (tertiary alicyclic amines) is 1. The molecule has 1 aromatic carbocycles. The van der Waals surface area contributed by atoms with Crippen molar-refractivity contribution < 1.29 is 14.7 Å². The largest absolute Gasteiger partial charge is 0.481 e. The molecule has 1 aliphatic heterocycles. The summed E-state index contributed by atoms with van der Waals surface area (Å²) in [6.45, 7) is 2.22. The van der Waals surface area contributed by atoms with Gasteiger partial charge in [0.2, 0.25) is 5.91 Å². The van der Waals surface area contributed by atoms with Crippen LogP contribution in [0, 0.1) is 5.92 Å². The molecule has 0 radical (unpaired) electrons. The zero-order chi connectivity index (χ0) is 14.9. The van der Waals surface area contributed by atoms with Crippen molar-refractivity contribution in [1.82, 2.24) is 4.90 Å². The Bertz CT molecular complexity index is 527. The van der Waals surface area contributed by atoms with E-state index in [1.165, 1.54) is 0 Å². The van der Waals surface area contributed by atoms with E-state index in [0.29, 0.717) is 28.6 Å². The van der Waals surface area contributed by atoms with E-state index in [1.807, 2.05) is 0 Å². The van der Waals surface area contributed by atoms with E-state index in [1.54, 1.807) is 30.0 Å². The van der Waals surface area contributed by atoms with Crippen molar-refractivity contribution in [3.63, 3.8) is 0 Å². The van der Waals surface area contributed by atoms with Crippen LogP contribution in [-0.4, -0.2) is 34.5 Å². The molecule has 2 atom stereocenters. The van der Waals surface area contributed by atoms with Crippen molar-refractivity contribution >= 4 is 35.1 Å². The van der Waals surface area contributed by atoms with Gasteiger partial charge in [0.25, 0.3) is 0 Å². The second-order valence-electron chi connectivity index (χ2n) is 4.94. The average molecular weight is 316 g/mol. The highest BCUT2D eigenvalue weighted by atomic mass is 35.5. The van der Waals surface area contributed by atoms with E-state index < -0.39 is 11.9 Å². The lowest BCUT2D eigenvalue weighted by atomic mass is 10.0. The van der Waals surface area contributed by atoms with Gasteiger partial charge in [0.15, 0.2) is 0 Å². The van der Waals surface area contributed by atoms with E-state index >= 15 is 0 Å². The van der Waals surface area contributed by atoms with Crippen LogP contribution in [0.4, 0.5) is 0 Å². The number of carbonyl (C=O) groups excluding carboxylic acids is 1. The van der Waals surface area contributed by atoms with Crippen LogP contribution in [0.15, 0.2) is 18.2 Å². The Morgan fingerprint density at radius 2 is 1.95 bits per heavy atom. The maximum atomic E-state index is 12.3. The molecule has 2 rings (SSSR count). The van der Waals surface area contributed by atoms with Gasteiger partial charge in [-0.25, -0.2) is 0 Å². The zero-order valence-electron chi connectivity index (χ0n) is 11.0. The highest BCUT2D eigenvalue weighted by molar-refractivity contribution is 6.36. The van der Waals surface area contributed by atoms with Gasteiger partial charge in [-0.2, -0.15) is 0 Å². The number of aliphatic carboxylic acids is 1. The van der Waals surface area contributed by atoms with Crippen LogP contribution in [-0.2, 0) is 16.0 Å². The molecule has 4 nitrogen and oxygen atoms in total. The highest BCUT2D eigenvalue weighted by Crippen LogP contribution is 2.28. The highest BCUT2D eigenvalue weighted by Gasteiger charge is 2.38. The summed E-state index contributed by atoms with van der Waals surface area (Å²) >= 11 is 12.1. The summed E-state index contributed by atoms with van der Waals surface area (Å²) in [5, 5.41) is 9.98. The molecular formula is C14H15Cl2NO3. The summed E-state index contributed by atoms with van der Waals surface area (Å²) in [5.74, 6) is -1.50. The van der Waals surface area contributed by atoms with Crippen LogP contribution in [0.5, 0.6) is 0 Å². The number of halogens is 2. The van der Waals surface area contributed by atoms with Crippen molar-refractivity contribution in [2.45, 2.75) is 25.8 Å². The minimum absolute atomic E-state index is 0.0924. The number of carboxylic acid groups (broad SMARTS) is 1. The number of benzene rings is 1. The first kappa shape index (κ1) is 15.1. The SMILES string of the molecule is CC1C(C(=O)O)CCN1C(=O)Cc1c(Cl)cccc1Cl. The summed E-state index contributed by atoms with van der Waals surface area (Å²) in [5.41, 5.74) is 0.590. The van der Waals surface area contributed by atoms with Gasteiger partial charge in [0.05, 0.1) is 12.3 Å². The van der Waals surface area contributed by atoms with Crippen molar-refractivity contribution in [3.05, 3.63) is 33.8 Å². The van der Waals surface area contributed by atoms with E-state index in [2.05, 4.69) is 0 Å². The van der Waals surface area contributed by atoms with Gasteiger partial charge in [0.1, 0.15) is 0 Å². The Kier molecular flexibility index (Phi) is 4.55. The van der Waals surface area contributed by atoms with Gasteiger partial charge in [-0.1, -0.05) is 29.3 Å². The van der Waals surface area contributed by atoms with Gasteiger partial charge in [0, 0.05) is 22.6 Å². The van der Waals surface area contributed by atoms with Gasteiger partial charge in [-0.05, 0) is 31.0 Å². The maximum absolute atomic E-state index is 12.3. The molecule has 1 aliphatic rings. The molecule has 0 spiro atoms. The third kappa shape index (κ3) is 2.91. The topological polar surface area (TPSA) is 57.6 Å². The number of nitrogens with zero attached hydrogens (tertiary/aromatic N) is 1. The summed E-state index contributed by atoms with van der Waals surface area (Å²) in [7, 11) is 0. The number of hydrogen-bond donors (Lipinski definition) is 1. The van der Waals surface area contributed by atoms with E-state index in [4.69, 9.17) is 28.3 Å². The van der Waals surface area contributed by atoms with Gasteiger partial charge >= 0.3 is 5.97 Å². The molecule has 0 bridgehead atoms. The quantitative estimate of drug-likeness (QED) is 0.933. The smallest absolute Gasteiger partial charge is 0.308 e. The Hall–Kier alpha value is -1.26. The monoisotopic (exact) mass is 315 g/mol. The lowest BCUT2D eigenvalue weighted by Gasteiger charge is -2.23. The first-order chi connectivity index (χ1) is 9.41. The molecule has 108 valence electrons. The minimum atomic E-state index is -0.858. The van der Waals surface area contributed by atoms with Crippen molar-refractivity contribution in [3.8, 4) is 0 Å². The van der Waals surface area contributed by atoms with Crippen LogP contribution >= 0.6 is 23.2 Å². The fourth-order valence-electron chi connectivity index (χ4n) is 2.58. The van der Waals surface area contributed by atoms with Gasteiger partial charge in [-0.15, -0.1) is 0 Å². The second kappa shape index (κ2) is 6.02. The van der Waals surface area contributed by atoms with Crippen LogP contribution in [0.2, 0.25) is 10.0 Å². The normalized spacial score (nSPS) is 22.1. The minimum Gasteiger partial charge on any atom is -0.481 e. The zero-order valence-corrected chi connectivity index (χ0v) is 12.5. The molecule has 0 aromatic heterocycles. The third-order valence-corrected chi connectivity index (χ3v) is 4.49. The molecule has 0 aliphatic carbocycles. The molecule has 1 saturated heterocycles. The molecule has 1 N–H and O–H groups in total. The molecule has 1 amide bonds. The van der Waals surface area contributed by atoms with Crippen LogP contribution in [0.1, 0.15) is 18.9 Å². The Balaban J connectivity index is 2.12. The fourth-order valence-corrected chi connectivity index (χ4v) is 3.11. The molecule has 1 aromatic rings. The molecule has 1 heterocycles. The second-order valence-corrected chi connectivity index (χ2v) is 5.75. The van der Waals surface area contributed by atoms with Crippen molar-refractivity contribution in [2.75, 3.05) is 6.54 Å². The molecule has 2 unspecified atom stereocenters. The van der Waals surface area contributed by atoms with Crippen LogP contribution in [0.3, 0.4) is 0 Å². The number of carboxylic acids is 1. The molecular weight excluding hydrogens is 301 g/mol. The molecule has 1 fully saturated rings. The molecule has 0 saturated carbocycles. The summed E-state index contributed by atoms with van der Waals surface area (Å²) in [6.07, 6.45) is 0.577. The Labute approximate surface area is 127 Å². The predicted molar refractivity (Wildman–Crippen MR) is 77.1 cm³/mol. The van der Waals surface area contributed by atoms with Gasteiger partial charge in [-0.3, -0.25) is 9.59 Å². The van der Waals surface area contributed by atoms with Crippen LogP contribution < -0.4 is 0 Å². The Morgan fingerprint density at radius 1 is 1.35 bits per heavy atom.